The van der Waals surface area contributed by atoms with Gasteiger partial charge in [-0.05, 0) is 31.0 Å². The van der Waals surface area contributed by atoms with E-state index in [1.807, 2.05) is 13.8 Å². The molecule has 1 aliphatic heterocycles. The standard InChI is InChI=1S/C14H17NO3/c1-8(2)6-12(16)10-4-5-13-11(7-10)15-14(17)9(3)18-13/h4-5,7-9H,6H2,1-3H3,(H,15,17). The van der Waals surface area contributed by atoms with Crippen molar-refractivity contribution in [3.63, 3.8) is 0 Å². The number of anilines is 1. The first-order valence-corrected chi connectivity index (χ1v) is 6.12. The SMILES string of the molecule is CC(C)CC(=O)c1ccc2c(c1)NC(=O)C(C)O2. The van der Waals surface area contributed by atoms with Crippen LogP contribution >= 0.6 is 0 Å². The van der Waals surface area contributed by atoms with E-state index < -0.39 is 6.10 Å². The Kier molecular flexibility index (Phi) is 3.36. The van der Waals surface area contributed by atoms with Crippen LogP contribution < -0.4 is 10.1 Å². The highest BCUT2D eigenvalue weighted by atomic mass is 16.5. The number of carbonyl (C=O) groups is 2. The molecular weight excluding hydrogens is 230 g/mol. The Balaban J connectivity index is 2.25. The molecule has 0 saturated heterocycles. The lowest BCUT2D eigenvalue weighted by molar-refractivity contribution is -0.122. The van der Waals surface area contributed by atoms with Crippen LogP contribution in [0.5, 0.6) is 5.75 Å². The van der Waals surface area contributed by atoms with Crippen molar-refractivity contribution < 1.29 is 14.3 Å². The number of fused-ring (bicyclic) bond motifs is 1. The van der Waals surface area contributed by atoms with Crippen molar-refractivity contribution >= 4 is 17.4 Å². The third-order valence-corrected chi connectivity index (χ3v) is 2.83. The number of amides is 1. The van der Waals surface area contributed by atoms with Crippen molar-refractivity contribution in [1.82, 2.24) is 0 Å². The predicted molar refractivity (Wildman–Crippen MR) is 68.9 cm³/mol. The Hall–Kier alpha value is -1.84. The van der Waals surface area contributed by atoms with Gasteiger partial charge < -0.3 is 10.1 Å². The lowest BCUT2D eigenvalue weighted by Gasteiger charge is -2.23. The minimum atomic E-state index is -0.491. The normalized spacial score (nSPS) is 18.0. The van der Waals surface area contributed by atoms with Crippen molar-refractivity contribution in [2.24, 2.45) is 5.92 Å². The molecule has 2 rings (SSSR count). The molecule has 0 saturated carbocycles. The summed E-state index contributed by atoms with van der Waals surface area (Å²) in [6.07, 6.45) is 0.0130. The molecule has 1 amide bonds. The van der Waals surface area contributed by atoms with Gasteiger partial charge in [0.15, 0.2) is 11.9 Å². The second-order valence-electron chi connectivity index (χ2n) is 4.98. The average Bonchev–Trinajstić information content (AvgIpc) is 2.29. The molecule has 0 aromatic heterocycles. The topological polar surface area (TPSA) is 55.4 Å². The van der Waals surface area contributed by atoms with Crippen LogP contribution in [-0.4, -0.2) is 17.8 Å². The molecule has 0 aliphatic carbocycles. The molecule has 4 heteroatoms. The molecule has 0 fully saturated rings. The van der Waals surface area contributed by atoms with E-state index in [2.05, 4.69) is 5.32 Å². The second kappa shape index (κ2) is 4.80. The fourth-order valence-corrected chi connectivity index (χ4v) is 1.87. The molecule has 0 bridgehead atoms. The first-order chi connectivity index (χ1) is 8.47. The molecule has 0 radical (unpaired) electrons. The van der Waals surface area contributed by atoms with Crippen molar-refractivity contribution in [3.05, 3.63) is 23.8 Å². The summed E-state index contributed by atoms with van der Waals surface area (Å²) in [7, 11) is 0. The molecule has 1 heterocycles. The van der Waals surface area contributed by atoms with Crippen LogP contribution in [0, 0.1) is 5.92 Å². The number of ether oxygens (including phenoxy) is 1. The van der Waals surface area contributed by atoms with Crippen molar-refractivity contribution in [1.29, 1.82) is 0 Å². The van der Waals surface area contributed by atoms with Gasteiger partial charge >= 0.3 is 0 Å². The van der Waals surface area contributed by atoms with E-state index >= 15 is 0 Å². The molecule has 1 atom stereocenters. The number of benzene rings is 1. The number of Topliss-reactive ketones (excluding diaryl/α,β-unsaturated/α-hetero) is 1. The molecule has 1 aromatic carbocycles. The number of hydrogen-bond donors (Lipinski definition) is 1. The Bertz CT molecular complexity index is 494. The minimum absolute atomic E-state index is 0.0840. The molecule has 1 N–H and O–H groups in total. The summed E-state index contributed by atoms with van der Waals surface area (Å²) in [5, 5.41) is 2.74. The number of hydrogen-bond acceptors (Lipinski definition) is 3. The Morgan fingerprint density at radius 1 is 1.44 bits per heavy atom. The van der Waals surface area contributed by atoms with Crippen LogP contribution in [0.25, 0.3) is 0 Å². The molecule has 96 valence electrons. The van der Waals surface area contributed by atoms with Crippen LogP contribution in [0.1, 0.15) is 37.6 Å². The van der Waals surface area contributed by atoms with Crippen molar-refractivity contribution in [3.8, 4) is 5.75 Å². The third-order valence-electron chi connectivity index (χ3n) is 2.83. The number of ketones is 1. The van der Waals surface area contributed by atoms with E-state index in [1.165, 1.54) is 0 Å². The molecular formula is C14H17NO3. The summed E-state index contributed by atoms with van der Waals surface area (Å²) >= 11 is 0. The second-order valence-corrected chi connectivity index (χ2v) is 4.98. The van der Waals surface area contributed by atoms with Crippen molar-refractivity contribution in [2.75, 3.05) is 5.32 Å². The van der Waals surface area contributed by atoms with E-state index in [4.69, 9.17) is 4.74 Å². The Labute approximate surface area is 106 Å². The van der Waals surface area contributed by atoms with E-state index in [0.29, 0.717) is 29.3 Å². The van der Waals surface area contributed by atoms with Crippen LogP contribution in [0.2, 0.25) is 0 Å². The maximum absolute atomic E-state index is 11.9. The van der Waals surface area contributed by atoms with E-state index in [9.17, 15) is 9.59 Å². The van der Waals surface area contributed by atoms with Crippen LogP contribution in [0.3, 0.4) is 0 Å². The highest BCUT2D eigenvalue weighted by molar-refractivity contribution is 6.01. The molecule has 1 aliphatic rings. The Morgan fingerprint density at radius 2 is 2.17 bits per heavy atom. The molecule has 1 unspecified atom stereocenters. The van der Waals surface area contributed by atoms with Crippen molar-refractivity contribution in [2.45, 2.75) is 33.3 Å². The largest absolute Gasteiger partial charge is 0.479 e. The van der Waals surface area contributed by atoms with Gasteiger partial charge in [0.25, 0.3) is 5.91 Å². The Morgan fingerprint density at radius 3 is 2.83 bits per heavy atom. The summed E-state index contributed by atoms with van der Waals surface area (Å²) in [5.74, 6) is 0.833. The molecule has 1 aromatic rings. The maximum Gasteiger partial charge on any atom is 0.265 e. The van der Waals surface area contributed by atoms with E-state index in [-0.39, 0.29) is 11.7 Å². The van der Waals surface area contributed by atoms with Crippen LogP contribution in [-0.2, 0) is 4.79 Å². The van der Waals surface area contributed by atoms with Crippen LogP contribution in [0.15, 0.2) is 18.2 Å². The average molecular weight is 247 g/mol. The first kappa shape index (κ1) is 12.6. The molecule has 4 nitrogen and oxygen atoms in total. The number of nitrogens with one attached hydrogen (secondary N) is 1. The fraction of sp³-hybridized carbons (Fsp3) is 0.429. The van der Waals surface area contributed by atoms with Gasteiger partial charge in [-0.2, -0.15) is 0 Å². The van der Waals surface area contributed by atoms with Gasteiger partial charge in [0, 0.05) is 12.0 Å². The van der Waals surface area contributed by atoms with Gasteiger partial charge in [-0.1, -0.05) is 13.8 Å². The monoisotopic (exact) mass is 247 g/mol. The maximum atomic E-state index is 11.9. The smallest absolute Gasteiger partial charge is 0.265 e. The highest BCUT2D eigenvalue weighted by Gasteiger charge is 2.24. The van der Waals surface area contributed by atoms with E-state index in [1.54, 1.807) is 25.1 Å². The summed E-state index contributed by atoms with van der Waals surface area (Å²) in [6, 6.07) is 5.16. The number of rotatable bonds is 3. The van der Waals surface area contributed by atoms with Gasteiger partial charge in [0.05, 0.1) is 5.69 Å². The zero-order chi connectivity index (χ0) is 13.3. The zero-order valence-electron chi connectivity index (χ0n) is 10.8. The summed E-state index contributed by atoms with van der Waals surface area (Å²) in [4.78, 5) is 23.4. The van der Waals surface area contributed by atoms with Gasteiger partial charge in [-0.3, -0.25) is 9.59 Å². The quantitative estimate of drug-likeness (QED) is 0.835. The highest BCUT2D eigenvalue weighted by Crippen LogP contribution is 2.30. The predicted octanol–water partition coefficient (Wildman–Crippen LogP) is 2.63. The minimum Gasteiger partial charge on any atom is -0.479 e. The number of carbonyl (C=O) groups excluding carboxylic acids is 2. The van der Waals surface area contributed by atoms with Gasteiger partial charge in [0.2, 0.25) is 0 Å². The third kappa shape index (κ3) is 2.53. The summed E-state index contributed by atoms with van der Waals surface area (Å²) in [6.45, 7) is 5.70. The molecule has 18 heavy (non-hydrogen) atoms. The lowest BCUT2D eigenvalue weighted by atomic mass is 10.0. The lowest BCUT2D eigenvalue weighted by Crippen LogP contribution is -2.34. The first-order valence-electron chi connectivity index (χ1n) is 6.12. The van der Waals surface area contributed by atoms with E-state index in [0.717, 1.165) is 0 Å². The van der Waals surface area contributed by atoms with Crippen LogP contribution in [0.4, 0.5) is 5.69 Å². The molecule has 0 spiro atoms. The van der Waals surface area contributed by atoms with Gasteiger partial charge in [-0.15, -0.1) is 0 Å². The summed E-state index contributed by atoms with van der Waals surface area (Å²) < 4.78 is 5.44. The fourth-order valence-electron chi connectivity index (χ4n) is 1.87. The van der Waals surface area contributed by atoms with Gasteiger partial charge in [-0.25, -0.2) is 0 Å². The van der Waals surface area contributed by atoms with Gasteiger partial charge in [0.1, 0.15) is 5.75 Å². The zero-order valence-corrected chi connectivity index (χ0v) is 10.8. The summed E-state index contributed by atoms with van der Waals surface area (Å²) in [5.41, 5.74) is 1.19.